The van der Waals surface area contributed by atoms with Crippen LogP contribution in [0, 0.1) is 0 Å². The largest absolute Gasteiger partial charge is 0.361 e. The normalized spacial score (nSPS) is 10.1. The van der Waals surface area contributed by atoms with E-state index < -0.39 is 0 Å². The molecule has 2 N–H and O–H groups in total. The van der Waals surface area contributed by atoms with Crippen LogP contribution in [0.15, 0.2) is 18.5 Å². The maximum atomic E-state index is 11.6. The summed E-state index contributed by atoms with van der Waals surface area (Å²) in [5.41, 5.74) is 0.310. The standard InChI is InChI=1S/C10H13N7O/c1-17(2)10(18)7-3-4-8(16-14-7)11-5-9-12-6-13-15-9/h3-4,6H,5H2,1-2H3,(H,11,16)(H,12,13,15). The fourth-order valence-corrected chi connectivity index (χ4v) is 1.26. The molecule has 1 amide bonds. The van der Waals surface area contributed by atoms with E-state index in [2.05, 4.69) is 30.7 Å². The number of nitrogens with zero attached hydrogens (tertiary/aromatic N) is 5. The van der Waals surface area contributed by atoms with E-state index in [4.69, 9.17) is 0 Å². The Labute approximate surface area is 103 Å². The first kappa shape index (κ1) is 12.0. The van der Waals surface area contributed by atoms with Crippen molar-refractivity contribution in [1.29, 1.82) is 0 Å². The Bertz CT molecular complexity index is 506. The highest BCUT2D eigenvalue weighted by Crippen LogP contribution is 2.04. The van der Waals surface area contributed by atoms with Gasteiger partial charge in [-0.25, -0.2) is 4.98 Å². The van der Waals surface area contributed by atoms with Gasteiger partial charge in [0, 0.05) is 14.1 Å². The second-order valence-corrected chi connectivity index (χ2v) is 3.79. The third kappa shape index (κ3) is 2.78. The molecule has 0 unspecified atom stereocenters. The number of H-pyrrole nitrogens is 1. The van der Waals surface area contributed by atoms with Crippen LogP contribution in [0.4, 0.5) is 5.82 Å². The van der Waals surface area contributed by atoms with Crippen LogP contribution >= 0.6 is 0 Å². The minimum atomic E-state index is -0.177. The van der Waals surface area contributed by atoms with Gasteiger partial charge >= 0.3 is 0 Å². The number of carbonyl (C=O) groups excluding carboxylic acids is 1. The predicted molar refractivity (Wildman–Crippen MR) is 63.8 cm³/mol. The summed E-state index contributed by atoms with van der Waals surface area (Å²) in [5.74, 6) is 1.09. The zero-order valence-electron chi connectivity index (χ0n) is 10.1. The Morgan fingerprint density at radius 2 is 2.22 bits per heavy atom. The average Bonchev–Trinajstić information content (AvgIpc) is 2.89. The summed E-state index contributed by atoms with van der Waals surface area (Å²) < 4.78 is 0. The number of hydrogen-bond acceptors (Lipinski definition) is 6. The first-order valence-corrected chi connectivity index (χ1v) is 5.30. The molecule has 0 aliphatic carbocycles. The highest BCUT2D eigenvalue weighted by molar-refractivity contribution is 5.91. The Balaban J connectivity index is 1.97. The van der Waals surface area contributed by atoms with Crippen molar-refractivity contribution >= 4 is 11.7 Å². The zero-order valence-corrected chi connectivity index (χ0v) is 10.1. The summed E-state index contributed by atoms with van der Waals surface area (Å²) in [6, 6.07) is 3.32. The Kier molecular flexibility index (Phi) is 3.46. The maximum absolute atomic E-state index is 11.6. The smallest absolute Gasteiger partial charge is 0.273 e. The quantitative estimate of drug-likeness (QED) is 0.783. The number of aromatic nitrogens is 5. The van der Waals surface area contributed by atoms with Gasteiger partial charge in [-0.15, -0.1) is 10.2 Å². The molecule has 2 aromatic rings. The maximum Gasteiger partial charge on any atom is 0.273 e. The van der Waals surface area contributed by atoms with E-state index in [1.165, 1.54) is 11.2 Å². The first-order valence-electron chi connectivity index (χ1n) is 5.30. The molecule has 2 rings (SSSR count). The Morgan fingerprint density at radius 1 is 1.39 bits per heavy atom. The molecule has 18 heavy (non-hydrogen) atoms. The van der Waals surface area contributed by atoms with Gasteiger partial charge in [-0.3, -0.25) is 9.89 Å². The summed E-state index contributed by atoms with van der Waals surface area (Å²) in [7, 11) is 3.33. The van der Waals surface area contributed by atoms with Crippen molar-refractivity contribution < 1.29 is 4.79 Å². The van der Waals surface area contributed by atoms with Crippen LogP contribution in [0.1, 0.15) is 16.3 Å². The van der Waals surface area contributed by atoms with Crippen molar-refractivity contribution in [2.75, 3.05) is 19.4 Å². The van der Waals surface area contributed by atoms with Crippen LogP contribution in [-0.4, -0.2) is 50.3 Å². The van der Waals surface area contributed by atoms with Crippen LogP contribution in [0.2, 0.25) is 0 Å². The molecule has 0 spiro atoms. The van der Waals surface area contributed by atoms with Gasteiger partial charge < -0.3 is 10.2 Å². The molecule has 8 heteroatoms. The fourth-order valence-electron chi connectivity index (χ4n) is 1.26. The fraction of sp³-hybridized carbons (Fsp3) is 0.300. The van der Waals surface area contributed by atoms with Crippen molar-refractivity contribution in [3.63, 3.8) is 0 Å². The van der Waals surface area contributed by atoms with Crippen molar-refractivity contribution in [1.82, 2.24) is 30.3 Å². The van der Waals surface area contributed by atoms with Crippen molar-refractivity contribution in [3.8, 4) is 0 Å². The lowest BCUT2D eigenvalue weighted by Crippen LogP contribution is -2.23. The molecule has 0 radical (unpaired) electrons. The minimum absolute atomic E-state index is 0.177. The number of aromatic amines is 1. The molecule has 2 aromatic heterocycles. The van der Waals surface area contributed by atoms with E-state index in [1.54, 1.807) is 26.2 Å². The molecule has 8 nitrogen and oxygen atoms in total. The van der Waals surface area contributed by atoms with Crippen LogP contribution in [-0.2, 0) is 6.54 Å². The lowest BCUT2D eigenvalue weighted by Gasteiger charge is -2.09. The molecule has 0 fully saturated rings. The summed E-state index contributed by atoms with van der Waals surface area (Å²) in [4.78, 5) is 17.0. The Morgan fingerprint density at radius 3 is 2.78 bits per heavy atom. The molecule has 94 valence electrons. The van der Waals surface area contributed by atoms with Crippen molar-refractivity contribution in [2.45, 2.75) is 6.54 Å². The number of hydrogen-bond donors (Lipinski definition) is 2. The third-order valence-electron chi connectivity index (χ3n) is 2.19. The number of amides is 1. The molecular formula is C10H13N7O. The highest BCUT2D eigenvalue weighted by atomic mass is 16.2. The van der Waals surface area contributed by atoms with Crippen molar-refractivity contribution in [3.05, 3.63) is 30.0 Å². The summed E-state index contributed by atoms with van der Waals surface area (Å²) >= 11 is 0. The van der Waals surface area contributed by atoms with E-state index in [0.29, 0.717) is 23.9 Å². The van der Waals surface area contributed by atoms with Gasteiger partial charge in [0.1, 0.15) is 18.0 Å². The van der Waals surface area contributed by atoms with Gasteiger partial charge in [0.05, 0.1) is 6.54 Å². The van der Waals surface area contributed by atoms with Crippen LogP contribution < -0.4 is 5.32 Å². The van der Waals surface area contributed by atoms with E-state index >= 15 is 0 Å². The monoisotopic (exact) mass is 247 g/mol. The van der Waals surface area contributed by atoms with Crippen molar-refractivity contribution in [2.24, 2.45) is 0 Å². The van der Waals surface area contributed by atoms with Gasteiger partial charge in [-0.2, -0.15) is 5.10 Å². The molecule has 0 atom stereocenters. The second-order valence-electron chi connectivity index (χ2n) is 3.79. The van der Waals surface area contributed by atoms with Gasteiger partial charge in [-0.05, 0) is 12.1 Å². The second kappa shape index (κ2) is 5.21. The van der Waals surface area contributed by atoms with Crippen LogP contribution in [0.25, 0.3) is 0 Å². The molecule has 0 saturated carbocycles. The van der Waals surface area contributed by atoms with E-state index in [0.717, 1.165) is 0 Å². The number of rotatable bonds is 4. The van der Waals surface area contributed by atoms with E-state index in [9.17, 15) is 4.79 Å². The lowest BCUT2D eigenvalue weighted by atomic mass is 10.3. The minimum Gasteiger partial charge on any atom is -0.361 e. The van der Waals surface area contributed by atoms with Crippen LogP contribution in [0.5, 0.6) is 0 Å². The lowest BCUT2D eigenvalue weighted by molar-refractivity contribution is 0.0821. The molecule has 0 aliphatic rings. The van der Waals surface area contributed by atoms with Gasteiger partial charge in [0.25, 0.3) is 5.91 Å². The molecular weight excluding hydrogens is 234 g/mol. The first-order chi connectivity index (χ1) is 8.66. The summed E-state index contributed by atoms with van der Waals surface area (Å²) in [5, 5.41) is 17.2. The average molecular weight is 247 g/mol. The van der Waals surface area contributed by atoms with Gasteiger partial charge in [0.2, 0.25) is 0 Å². The molecule has 0 saturated heterocycles. The molecule has 0 aliphatic heterocycles. The zero-order chi connectivity index (χ0) is 13.0. The number of anilines is 1. The van der Waals surface area contributed by atoms with Gasteiger partial charge in [-0.1, -0.05) is 0 Å². The van der Waals surface area contributed by atoms with Crippen LogP contribution in [0.3, 0.4) is 0 Å². The number of carbonyl (C=O) groups is 1. The summed E-state index contributed by atoms with van der Waals surface area (Å²) in [6.45, 7) is 0.468. The molecule has 0 bridgehead atoms. The Hall–Kier alpha value is -2.51. The number of nitrogens with one attached hydrogen (secondary N) is 2. The molecule has 0 aromatic carbocycles. The topological polar surface area (TPSA) is 99.7 Å². The highest BCUT2D eigenvalue weighted by Gasteiger charge is 2.09. The SMILES string of the molecule is CN(C)C(=O)c1ccc(NCc2ncn[nH]2)nn1. The van der Waals surface area contributed by atoms with Gasteiger partial charge in [0.15, 0.2) is 5.69 Å². The van der Waals surface area contributed by atoms with E-state index in [-0.39, 0.29) is 5.91 Å². The predicted octanol–water partition coefficient (Wildman–Crippen LogP) is -0.0914. The molecule has 2 heterocycles. The summed E-state index contributed by atoms with van der Waals surface area (Å²) in [6.07, 6.45) is 1.43. The third-order valence-corrected chi connectivity index (χ3v) is 2.19. The van der Waals surface area contributed by atoms with E-state index in [1.807, 2.05) is 0 Å².